The van der Waals surface area contributed by atoms with Crippen LogP contribution in [0.2, 0.25) is 0 Å². The zero-order chi connectivity index (χ0) is 25.8. The fourth-order valence-electron chi connectivity index (χ4n) is 5.13. The predicted octanol–water partition coefficient (Wildman–Crippen LogP) is 2.21. The van der Waals surface area contributed by atoms with E-state index in [0.717, 1.165) is 42.8 Å². The van der Waals surface area contributed by atoms with Gasteiger partial charge in [0.25, 0.3) is 5.91 Å². The van der Waals surface area contributed by atoms with Crippen LogP contribution < -0.4 is 5.32 Å². The molecule has 37 heavy (non-hydrogen) atoms. The summed E-state index contributed by atoms with van der Waals surface area (Å²) in [7, 11) is 0. The van der Waals surface area contributed by atoms with Crippen molar-refractivity contribution in [3.05, 3.63) is 53.4 Å². The van der Waals surface area contributed by atoms with E-state index in [0.29, 0.717) is 51.5 Å². The average molecular weight is 507 g/mol. The summed E-state index contributed by atoms with van der Waals surface area (Å²) in [6, 6.07) is 7.95. The molecule has 0 aliphatic carbocycles. The maximum absolute atomic E-state index is 13.3. The zero-order valence-electron chi connectivity index (χ0n) is 21.5. The van der Waals surface area contributed by atoms with E-state index in [1.807, 2.05) is 49.0 Å². The number of likely N-dealkylation sites (tertiary alicyclic amines) is 1. The van der Waals surface area contributed by atoms with Crippen LogP contribution in [0.15, 0.2) is 30.5 Å². The van der Waals surface area contributed by atoms with Crippen LogP contribution >= 0.6 is 0 Å². The molecule has 1 N–H and O–H groups in total. The molecule has 0 atom stereocenters. The maximum Gasteiger partial charge on any atom is 0.293 e. The molecule has 1 saturated heterocycles. The van der Waals surface area contributed by atoms with Crippen LogP contribution in [0.5, 0.6) is 0 Å². The highest BCUT2D eigenvalue weighted by Crippen LogP contribution is 2.37. The van der Waals surface area contributed by atoms with Gasteiger partial charge in [-0.05, 0) is 51.7 Å². The van der Waals surface area contributed by atoms with Crippen LogP contribution in [-0.4, -0.2) is 72.7 Å². The molecular weight excluding hydrogens is 472 g/mol. The summed E-state index contributed by atoms with van der Waals surface area (Å²) in [5, 5.41) is 15.9. The minimum atomic E-state index is -0.501. The summed E-state index contributed by atoms with van der Waals surface area (Å²) in [5.74, 6) is 0.705. The fraction of sp³-hybridized carbons (Fsp3) is 0.538. The van der Waals surface area contributed by atoms with Crippen molar-refractivity contribution in [1.82, 2.24) is 40.0 Å². The third-order valence-corrected chi connectivity index (χ3v) is 7.39. The Balaban J connectivity index is 1.25. The Kier molecular flexibility index (Phi) is 7.31. The van der Waals surface area contributed by atoms with E-state index in [1.54, 1.807) is 9.58 Å². The van der Waals surface area contributed by atoms with Crippen molar-refractivity contribution < 1.29 is 14.3 Å². The van der Waals surface area contributed by atoms with Crippen LogP contribution in [0.3, 0.4) is 0 Å². The molecule has 11 nitrogen and oxygen atoms in total. The van der Waals surface area contributed by atoms with E-state index in [2.05, 4.69) is 25.7 Å². The van der Waals surface area contributed by atoms with Crippen LogP contribution in [0.1, 0.15) is 59.8 Å². The number of carbonyl (C=O) groups excluding carboxylic acids is 2. The van der Waals surface area contributed by atoms with Crippen molar-refractivity contribution in [2.24, 2.45) is 5.41 Å². The molecule has 3 aromatic rings. The molecule has 2 aliphatic heterocycles. The highest BCUT2D eigenvalue weighted by molar-refractivity contribution is 5.91. The summed E-state index contributed by atoms with van der Waals surface area (Å²) < 4.78 is 9.18. The van der Waals surface area contributed by atoms with Crippen LogP contribution in [0.25, 0.3) is 5.69 Å². The van der Waals surface area contributed by atoms with Gasteiger partial charge in [0, 0.05) is 26.2 Å². The lowest BCUT2D eigenvalue weighted by molar-refractivity contribution is -0.134. The van der Waals surface area contributed by atoms with Crippen molar-refractivity contribution in [2.45, 2.75) is 59.1 Å². The molecule has 2 aromatic heterocycles. The lowest BCUT2D eigenvalue weighted by Crippen LogP contribution is -2.50. The molecule has 5 rings (SSSR count). The smallest absolute Gasteiger partial charge is 0.293 e. The number of hydrogen-bond donors (Lipinski definition) is 1. The molecule has 0 radical (unpaired) electrons. The molecule has 2 amide bonds. The summed E-state index contributed by atoms with van der Waals surface area (Å²) >= 11 is 0. The number of rotatable bonds is 2. The van der Waals surface area contributed by atoms with E-state index in [-0.39, 0.29) is 17.6 Å². The number of ether oxygens (including phenoxy) is 1. The first-order chi connectivity index (χ1) is 17.9. The van der Waals surface area contributed by atoms with Gasteiger partial charge in [-0.1, -0.05) is 29.3 Å². The number of aromatic nitrogens is 6. The Morgan fingerprint density at radius 3 is 2.62 bits per heavy atom. The first kappa shape index (κ1) is 25.1. The number of benzene rings is 1. The van der Waals surface area contributed by atoms with Gasteiger partial charge < -0.3 is 15.0 Å². The Morgan fingerprint density at radius 1 is 1.05 bits per heavy atom. The van der Waals surface area contributed by atoms with E-state index >= 15 is 0 Å². The van der Waals surface area contributed by atoms with E-state index in [4.69, 9.17) is 4.74 Å². The number of amides is 2. The average Bonchev–Trinajstić information content (AvgIpc) is 3.52. The van der Waals surface area contributed by atoms with Crippen LogP contribution in [0, 0.1) is 19.3 Å². The van der Waals surface area contributed by atoms with E-state index < -0.39 is 5.41 Å². The zero-order valence-corrected chi connectivity index (χ0v) is 21.5. The van der Waals surface area contributed by atoms with Gasteiger partial charge in [0.15, 0.2) is 0 Å². The minimum Gasteiger partial charge on any atom is -0.373 e. The van der Waals surface area contributed by atoms with Crippen LogP contribution in [-0.2, 0) is 22.7 Å². The van der Waals surface area contributed by atoms with Crippen molar-refractivity contribution in [3.8, 4) is 5.69 Å². The minimum absolute atomic E-state index is 0.0507. The normalized spacial score (nSPS) is 18.9. The quantitative estimate of drug-likeness (QED) is 0.566. The summed E-state index contributed by atoms with van der Waals surface area (Å²) in [6.07, 6.45) is 5.70. The third kappa shape index (κ3) is 5.56. The number of carbonyl (C=O) groups is 2. The summed E-state index contributed by atoms with van der Waals surface area (Å²) in [6.45, 7) is 6.85. The molecule has 4 heterocycles. The second kappa shape index (κ2) is 10.8. The Hall–Kier alpha value is -3.60. The lowest BCUT2D eigenvalue weighted by atomic mass is 9.73. The van der Waals surface area contributed by atoms with Gasteiger partial charge in [0.05, 0.1) is 30.5 Å². The molecule has 1 aromatic carbocycles. The lowest BCUT2D eigenvalue weighted by Gasteiger charge is -2.40. The van der Waals surface area contributed by atoms with Gasteiger partial charge in [-0.2, -0.15) is 0 Å². The SMILES string of the molecule is Cc1ccc(-n2nc(C(=O)N3CCC4(CCCCn5cc(nn5)COCCNC4=O)CC3)nc2C)cc1. The van der Waals surface area contributed by atoms with Crippen molar-refractivity contribution >= 4 is 11.8 Å². The van der Waals surface area contributed by atoms with Crippen LogP contribution in [0.4, 0.5) is 0 Å². The van der Waals surface area contributed by atoms with E-state index in [1.165, 1.54) is 0 Å². The molecule has 0 saturated carbocycles. The van der Waals surface area contributed by atoms with Gasteiger partial charge in [-0.25, -0.2) is 9.67 Å². The van der Waals surface area contributed by atoms with Gasteiger partial charge in [0.2, 0.25) is 11.7 Å². The van der Waals surface area contributed by atoms with Crippen molar-refractivity contribution in [3.63, 3.8) is 0 Å². The molecule has 0 unspecified atom stereocenters. The predicted molar refractivity (Wildman–Crippen MR) is 135 cm³/mol. The highest BCUT2D eigenvalue weighted by Gasteiger charge is 2.42. The molecule has 1 spiro atoms. The van der Waals surface area contributed by atoms with Gasteiger partial charge in [-0.15, -0.1) is 10.2 Å². The standard InChI is InChI=1S/C26H34N8O3/c1-19-5-7-22(8-6-19)34-20(2)28-23(30-34)24(35)32-14-10-26(11-15-32)9-3-4-13-33-17-21(29-31-33)18-37-16-12-27-25(26)36/h5-8,17H,3-4,9-16,18H2,1-2H3,(H,27,36). The van der Waals surface area contributed by atoms with Gasteiger partial charge >= 0.3 is 0 Å². The molecule has 11 heteroatoms. The second-order valence-corrected chi connectivity index (χ2v) is 10.0. The number of hydrogen-bond acceptors (Lipinski definition) is 7. The first-order valence-electron chi connectivity index (χ1n) is 13.0. The van der Waals surface area contributed by atoms with Gasteiger partial charge in [0.1, 0.15) is 11.5 Å². The largest absolute Gasteiger partial charge is 0.373 e. The van der Waals surface area contributed by atoms with Crippen molar-refractivity contribution in [1.29, 1.82) is 0 Å². The number of piperidine rings is 1. The van der Waals surface area contributed by atoms with Crippen molar-refractivity contribution in [2.75, 3.05) is 26.2 Å². The summed E-state index contributed by atoms with van der Waals surface area (Å²) in [4.78, 5) is 32.8. The number of aryl methyl sites for hydroxylation is 3. The Bertz CT molecular complexity index is 1240. The molecule has 196 valence electrons. The van der Waals surface area contributed by atoms with E-state index in [9.17, 15) is 9.59 Å². The first-order valence-corrected chi connectivity index (χ1v) is 13.0. The molecule has 2 aliphatic rings. The Labute approximate surface area is 216 Å². The molecule has 1 fully saturated rings. The number of nitrogens with one attached hydrogen (secondary N) is 1. The topological polar surface area (TPSA) is 120 Å². The second-order valence-electron chi connectivity index (χ2n) is 10.0. The maximum atomic E-state index is 13.3. The molecule has 2 bridgehead atoms. The number of fused-ring (bicyclic) bond motifs is 2. The molecular formula is C26H34N8O3. The van der Waals surface area contributed by atoms with Gasteiger partial charge in [-0.3, -0.25) is 14.3 Å². The number of nitrogens with zero attached hydrogens (tertiary/aromatic N) is 7. The monoisotopic (exact) mass is 506 g/mol. The summed E-state index contributed by atoms with van der Waals surface area (Å²) in [5.41, 5.74) is 2.32. The Morgan fingerprint density at radius 2 is 1.84 bits per heavy atom. The fourth-order valence-corrected chi connectivity index (χ4v) is 5.13. The highest BCUT2D eigenvalue weighted by atomic mass is 16.5. The third-order valence-electron chi connectivity index (χ3n) is 7.39.